The molecule has 0 saturated heterocycles. The lowest BCUT2D eigenvalue weighted by Gasteiger charge is -2.20. The fraction of sp³-hybridized carbons (Fsp3) is 0.200. The maximum absolute atomic E-state index is 14.1. The highest BCUT2D eigenvalue weighted by Gasteiger charge is 2.21. The topological polar surface area (TPSA) is 56.5 Å². The van der Waals surface area contributed by atoms with Gasteiger partial charge in [-0.1, -0.05) is 23.7 Å². The minimum Gasteiger partial charge on any atom is -0.493 e. The predicted molar refractivity (Wildman–Crippen MR) is 80.1 cm³/mol. The van der Waals surface area contributed by atoms with Gasteiger partial charge in [0, 0.05) is 10.6 Å². The van der Waals surface area contributed by atoms with E-state index in [2.05, 4.69) is 5.43 Å². The van der Waals surface area contributed by atoms with Gasteiger partial charge in [0.05, 0.1) is 20.3 Å². The third-order valence-corrected chi connectivity index (χ3v) is 3.53. The Morgan fingerprint density at radius 1 is 1.14 bits per heavy atom. The maximum atomic E-state index is 14.1. The monoisotopic (exact) mass is 310 g/mol. The summed E-state index contributed by atoms with van der Waals surface area (Å²) in [6.07, 6.45) is 0. The van der Waals surface area contributed by atoms with Gasteiger partial charge in [-0.25, -0.2) is 9.82 Å². The van der Waals surface area contributed by atoms with Gasteiger partial charge >= 0.3 is 0 Å². The number of methoxy groups -OCH3 is 2. The number of hydrogen-bond donors (Lipinski definition) is 2. The van der Waals surface area contributed by atoms with Gasteiger partial charge in [0.1, 0.15) is 5.82 Å². The molecule has 3 N–H and O–H groups in total. The molecule has 0 amide bonds. The highest BCUT2D eigenvalue weighted by molar-refractivity contribution is 6.31. The summed E-state index contributed by atoms with van der Waals surface area (Å²) in [5, 5.41) is 0.299. The second-order valence-corrected chi connectivity index (χ2v) is 4.76. The molecule has 2 aromatic carbocycles. The number of hydrazine groups is 1. The summed E-state index contributed by atoms with van der Waals surface area (Å²) in [4.78, 5) is 0. The van der Waals surface area contributed by atoms with Crippen LogP contribution in [0.1, 0.15) is 17.2 Å². The summed E-state index contributed by atoms with van der Waals surface area (Å²) in [7, 11) is 3.08. The van der Waals surface area contributed by atoms with E-state index >= 15 is 0 Å². The summed E-state index contributed by atoms with van der Waals surface area (Å²) < 4.78 is 24.5. The van der Waals surface area contributed by atoms with Crippen molar-refractivity contribution in [1.29, 1.82) is 0 Å². The number of benzene rings is 2. The molecule has 0 saturated carbocycles. The summed E-state index contributed by atoms with van der Waals surface area (Å²) in [6, 6.07) is 9.13. The first kappa shape index (κ1) is 15.6. The Balaban J connectivity index is 2.51. The average Bonchev–Trinajstić information content (AvgIpc) is 2.50. The highest BCUT2D eigenvalue weighted by Crippen LogP contribution is 2.35. The molecular weight excluding hydrogens is 295 g/mol. The molecule has 4 nitrogen and oxygen atoms in total. The molecule has 112 valence electrons. The van der Waals surface area contributed by atoms with Crippen molar-refractivity contribution in [2.75, 3.05) is 14.2 Å². The van der Waals surface area contributed by atoms with Crippen LogP contribution in [-0.4, -0.2) is 14.2 Å². The van der Waals surface area contributed by atoms with Gasteiger partial charge < -0.3 is 9.47 Å². The van der Waals surface area contributed by atoms with E-state index < -0.39 is 11.9 Å². The largest absolute Gasteiger partial charge is 0.493 e. The second-order valence-electron chi connectivity index (χ2n) is 4.35. The average molecular weight is 311 g/mol. The minimum absolute atomic E-state index is 0.286. The van der Waals surface area contributed by atoms with Crippen molar-refractivity contribution in [1.82, 2.24) is 5.43 Å². The molecule has 0 aliphatic rings. The Morgan fingerprint density at radius 3 is 2.43 bits per heavy atom. The van der Waals surface area contributed by atoms with E-state index in [4.69, 9.17) is 26.9 Å². The lowest BCUT2D eigenvalue weighted by molar-refractivity contribution is 0.354. The molecule has 0 fully saturated rings. The predicted octanol–water partition coefficient (Wildman–Crippen LogP) is 3.05. The molecule has 0 radical (unpaired) electrons. The van der Waals surface area contributed by atoms with Crippen LogP contribution in [-0.2, 0) is 0 Å². The van der Waals surface area contributed by atoms with Crippen LogP contribution in [0.5, 0.6) is 11.5 Å². The molecule has 0 heterocycles. The van der Waals surface area contributed by atoms with Crippen molar-refractivity contribution in [2.45, 2.75) is 6.04 Å². The fourth-order valence-corrected chi connectivity index (χ4v) is 2.44. The van der Waals surface area contributed by atoms with Gasteiger partial charge in [0.25, 0.3) is 0 Å². The van der Waals surface area contributed by atoms with E-state index in [1.807, 2.05) is 0 Å². The van der Waals surface area contributed by atoms with E-state index in [0.29, 0.717) is 22.1 Å². The zero-order chi connectivity index (χ0) is 15.4. The van der Waals surface area contributed by atoms with Crippen molar-refractivity contribution in [3.8, 4) is 11.5 Å². The van der Waals surface area contributed by atoms with Crippen molar-refractivity contribution in [3.63, 3.8) is 0 Å². The van der Waals surface area contributed by atoms with Gasteiger partial charge in [-0.3, -0.25) is 5.84 Å². The van der Waals surface area contributed by atoms with Crippen molar-refractivity contribution >= 4 is 11.6 Å². The highest BCUT2D eigenvalue weighted by atomic mass is 35.5. The molecular formula is C15H16ClFN2O2. The van der Waals surface area contributed by atoms with Crippen LogP contribution in [0.25, 0.3) is 0 Å². The number of halogens is 2. The lowest BCUT2D eigenvalue weighted by Crippen LogP contribution is -2.29. The third kappa shape index (κ3) is 3.10. The molecule has 21 heavy (non-hydrogen) atoms. The Morgan fingerprint density at radius 2 is 1.86 bits per heavy atom. The van der Waals surface area contributed by atoms with Crippen molar-refractivity contribution in [3.05, 3.63) is 58.4 Å². The zero-order valence-electron chi connectivity index (χ0n) is 11.7. The summed E-state index contributed by atoms with van der Waals surface area (Å²) in [5.41, 5.74) is 3.58. The Labute approximate surface area is 127 Å². The van der Waals surface area contributed by atoms with Gasteiger partial charge in [-0.15, -0.1) is 0 Å². The number of nitrogens with two attached hydrogens (primary N) is 1. The van der Waals surface area contributed by atoms with E-state index in [1.165, 1.54) is 13.2 Å². The van der Waals surface area contributed by atoms with E-state index in [9.17, 15) is 4.39 Å². The molecule has 2 aromatic rings. The lowest BCUT2D eigenvalue weighted by atomic mass is 9.98. The van der Waals surface area contributed by atoms with Crippen molar-refractivity contribution < 1.29 is 13.9 Å². The SMILES string of the molecule is COc1ccc(C(NN)c2c(F)cccc2Cl)cc1OC. The molecule has 1 atom stereocenters. The second kappa shape index (κ2) is 6.76. The molecule has 2 rings (SSSR count). The smallest absolute Gasteiger partial charge is 0.161 e. The Bertz CT molecular complexity index is 617. The normalized spacial score (nSPS) is 12.0. The van der Waals surface area contributed by atoms with Crippen molar-refractivity contribution in [2.24, 2.45) is 5.84 Å². The van der Waals surface area contributed by atoms with Crippen LogP contribution in [0, 0.1) is 5.82 Å². The summed E-state index contributed by atoms with van der Waals surface area (Å²) in [6.45, 7) is 0. The van der Waals surface area contributed by atoms with Crippen LogP contribution in [0.4, 0.5) is 4.39 Å². The molecule has 6 heteroatoms. The van der Waals surface area contributed by atoms with Gasteiger partial charge in [-0.2, -0.15) is 0 Å². The number of rotatable bonds is 5. The molecule has 0 spiro atoms. The van der Waals surface area contributed by atoms with Gasteiger partial charge in [0.2, 0.25) is 0 Å². The van der Waals surface area contributed by atoms with Crippen LogP contribution in [0.15, 0.2) is 36.4 Å². The summed E-state index contributed by atoms with van der Waals surface area (Å²) in [5.74, 6) is 6.27. The van der Waals surface area contributed by atoms with Crippen LogP contribution < -0.4 is 20.7 Å². The fourth-order valence-electron chi connectivity index (χ4n) is 2.17. The molecule has 0 bridgehead atoms. The van der Waals surface area contributed by atoms with Crippen LogP contribution >= 0.6 is 11.6 Å². The van der Waals surface area contributed by atoms with E-state index in [1.54, 1.807) is 37.4 Å². The Kier molecular flexibility index (Phi) is 5.01. The number of hydrogen-bond acceptors (Lipinski definition) is 4. The Hall–Kier alpha value is -1.82. The molecule has 0 aromatic heterocycles. The first-order valence-electron chi connectivity index (χ1n) is 6.24. The zero-order valence-corrected chi connectivity index (χ0v) is 12.4. The van der Waals surface area contributed by atoms with Gasteiger partial charge in [-0.05, 0) is 29.8 Å². The first-order chi connectivity index (χ1) is 10.1. The maximum Gasteiger partial charge on any atom is 0.161 e. The minimum atomic E-state index is -0.599. The molecule has 0 aliphatic heterocycles. The third-order valence-electron chi connectivity index (χ3n) is 3.20. The molecule has 0 aliphatic carbocycles. The molecule has 1 unspecified atom stereocenters. The van der Waals surface area contributed by atoms with Gasteiger partial charge in [0.15, 0.2) is 11.5 Å². The van der Waals surface area contributed by atoms with Crippen LogP contribution in [0.3, 0.4) is 0 Å². The number of nitrogens with one attached hydrogen (secondary N) is 1. The summed E-state index contributed by atoms with van der Waals surface area (Å²) >= 11 is 6.09. The standard InChI is InChI=1S/C15H16ClFN2O2/c1-20-12-7-6-9(8-13(12)21-2)15(19-18)14-10(16)4-3-5-11(14)17/h3-8,15,19H,18H2,1-2H3. The van der Waals surface area contributed by atoms with E-state index in [-0.39, 0.29) is 5.56 Å². The quantitative estimate of drug-likeness (QED) is 0.658. The van der Waals surface area contributed by atoms with E-state index in [0.717, 1.165) is 0 Å². The van der Waals surface area contributed by atoms with Crippen LogP contribution in [0.2, 0.25) is 5.02 Å². The first-order valence-corrected chi connectivity index (χ1v) is 6.62. The number of ether oxygens (including phenoxy) is 2.